The Morgan fingerprint density at radius 2 is 1.94 bits per heavy atom. The second kappa shape index (κ2) is 8.23. The second-order valence-electron chi connectivity index (χ2n) is 4.13. The number of methoxy groups -OCH3 is 1. The van der Waals surface area contributed by atoms with Crippen LogP contribution in [0.4, 0.5) is 0 Å². The maximum Gasteiger partial charge on any atom is 0.106 e. The monoisotopic (exact) mass is 238 g/mol. The molecule has 0 aromatic heterocycles. The van der Waals surface area contributed by atoms with E-state index in [0.29, 0.717) is 13.2 Å². The minimum absolute atomic E-state index is 0.237. The SMILES string of the molecule is CCC[C@@H](O)[C@H](COCc1ccccc1)OC. The Hall–Kier alpha value is -0.900. The molecule has 0 heterocycles. The van der Waals surface area contributed by atoms with E-state index < -0.39 is 6.10 Å². The molecule has 0 saturated heterocycles. The molecule has 0 saturated carbocycles. The average Bonchev–Trinajstić information content (AvgIpc) is 2.36. The smallest absolute Gasteiger partial charge is 0.106 e. The molecule has 0 unspecified atom stereocenters. The average molecular weight is 238 g/mol. The van der Waals surface area contributed by atoms with E-state index in [1.54, 1.807) is 7.11 Å². The first-order chi connectivity index (χ1) is 8.27. The summed E-state index contributed by atoms with van der Waals surface area (Å²) in [5.74, 6) is 0. The molecular weight excluding hydrogens is 216 g/mol. The van der Waals surface area contributed by atoms with Gasteiger partial charge in [-0.3, -0.25) is 0 Å². The first-order valence-electron chi connectivity index (χ1n) is 6.10. The molecule has 17 heavy (non-hydrogen) atoms. The zero-order valence-electron chi connectivity index (χ0n) is 10.6. The van der Waals surface area contributed by atoms with E-state index in [9.17, 15) is 5.11 Å². The van der Waals surface area contributed by atoms with Crippen LogP contribution < -0.4 is 0 Å². The number of aliphatic hydroxyl groups excluding tert-OH is 1. The summed E-state index contributed by atoms with van der Waals surface area (Å²) in [5.41, 5.74) is 1.13. The van der Waals surface area contributed by atoms with Crippen molar-refractivity contribution in [3.63, 3.8) is 0 Å². The molecule has 0 spiro atoms. The van der Waals surface area contributed by atoms with Gasteiger partial charge in [-0.05, 0) is 12.0 Å². The predicted octanol–water partition coefficient (Wildman–Crippen LogP) is 2.38. The van der Waals surface area contributed by atoms with Crippen molar-refractivity contribution < 1.29 is 14.6 Å². The van der Waals surface area contributed by atoms with E-state index in [2.05, 4.69) is 0 Å². The molecule has 1 aromatic carbocycles. The molecule has 1 rings (SSSR count). The summed E-state index contributed by atoms with van der Waals surface area (Å²) in [7, 11) is 1.61. The standard InChI is InChI=1S/C14H22O3/c1-3-7-13(15)14(16-2)11-17-10-12-8-5-4-6-9-12/h4-6,8-9,13-15H,3,7,10-11H2,1-2H3/t13-,14+/m1/s1. The summed E-state index contributed by atoms with van der Waals surface area (Å²) in [6.07, 6.45) is 1.01. The van der Waals surface area contributed by atoms with Crippen LogP contribution in [0.2, 0.25) is 0 Å². The lowest BCUT2D eigenvalue weighted by molar-refractivity contribution is -0.0663. The molecule has 1 N–H and O–H groups in total. The fourth-order valence-electron chi connectivity index (χ4n) is 1.69. The fraction of sp³-hybridized carbons (Fsp3) is 0.571. The van der Waals surface area contributed by atoms with Crippen LogP contribution in [-0.4, -0.2) is 31.0 Å². The largest absolute Gasteiger partial charge is 0.390 e. The Bertz CT molecular complexity index is 287. The third-order valence-corrected chi connectivity index (χ3v) is 2.71. The van der Waals surface area contributed by atoms with Crippen LogP contribution in [0, 0.1) is 0 Å². The van der Waals surface area contributed by atoms with Gasteiger partial charge in [0.05, 0.1) is 19.3 Å². The van der Waals surface area contributed by atoms with Gasteiger partial charge in [-0.1, -0.05) is 43.7 Å². The van der Waals surface area contributed by atoms with Crippen molar-refractivity contribution in [2.24, 2.45) is 0 Å². The van der Waals surface area contributed by atoms with Gasteiger partial charge >= 0.3 is 0 Å². The quantitative estimate of drug-likeness (QED) is 0.755. The summed E-state index contributed by atoms with van der Waals surface area (Å²) >= 11 is 0. The van der Waals surface area contributed by atoms with Gasteiger partial charge in [0.1, 0.15) is 6.10 Å². The number of hydrogen-bond acceptors (Lipinski definition) is 3. The van der Waals surface area contributed by atoms with Crippen molar-refractivity contribution in [3.05, 3.63) is 35.9 Å². The van der Waals surface area contributed by atoms with Crippen LogP contribution in [0.15, 0.2) is 30.3 Å². The molecule has 3 heteroatoms. The van der Waals surface area contributed by atoms with E-state index in [-0.39, 0.29) is 6.10 Å². The van der Waals surface area contributed by atoms with Crippen LogP contribution in [0.1, 0.15) is 25.3 Å². The number of aliphatic hydroxyl groups is 1. The van der Waals surface area contributed by atoms with E-state index in [1.165, 1.54) is 0 Å². The molecule has 1 aromatic rings. The van der Waals surface area contributed by atoms with E-state index in [4.69, 9.17) is 9.47 Å². The van der Waals surface area contributed by atoms with Crippen molar-refractivity contribution in [1.82, 2.24) is 0 Å². The molecule has 0 radical (unpaired) electrons. The van der Waals surface area contributed by atoms with E-state index >= 15 is 0 Å². The Morgan fingerprint density at radius 3 is 2.53 bits per heavy atom. The van der Waals surface area contributed by atoms with Crippen molar-refractivity contribution in [1.29, 1.82) is 0 Å². The van der Waals surface area contributed by atoms with E-state index in [0.717, 1.165) is 18.4 Å². The maximum atomic E-state index is 9.80. The summed E-state index contributed by atoms with van der Waals surface area (Å²) in [4.78, 5) is 0. The van der Waals surface area contributed by atoms with Gasteiger partial charge in [-0.25, -0.2) is 0 Å². The number of hydrogen-bond donors (Lipinski definition) is 1. The molecule has 0 bridgehead atoms. The highest BCUT2D eigenvalue weighted by Gasteiger charge is 2.17. The van der Waals surface area contributed by atoms with Crippen LogP contribution >= 0.6 is 0 Å². The molecule has 0 aliphatic rings. The molecule has 3 nitrogen and oxygen atoms in total. The van der Waals surface area contributed by atoms with Gasteiger partial charge < -0.3 is 14.6 Å². The molecular formula is C14H22O3. The Balaban J connectivity index is 2.28. The van der Waals surface area contributed by atoms with Gasteiger partial charge in [0.15, 0.2) is 0 Å². The number of rotatable bonds is 8. The lowest BCUT2D eigenvalue weighted by atomic mass is 10.1. The van der Waals surface area contributed by atoms with Crippen molar-refractivity contribution in [2.45, 2.75) is 38.6 Å². The molecule has 0 aliphatic carbocycles. The maximum absolute atomic E-state index is 9.80. The summed E-state index contributed by atoms with van der Waals surface area (Å²) in [5, 5.41) is 9.80. The van der Waals surface area contributed by atoms with Crippen LogP contribution in [0.5, 0.6) is 0 Å². The molecule has 96 valence electrons. The van der Waals surface area contributed by atoms with Crippen molar-refractivity contribution >= 4 is 0 Å². The van der Waals surface area contributed by atoms with Crippen molar-refractivity contribution in [3.8, 4) is 0 Å². The summed E-state index contributed by atoms with van der Waals surface area (Å²) < 4.78 is 10.8. The third-order valence-electron chi connectivity index (χ3n) is 2.71. The van der Waals surface area contributed by atoms with Crippen LogP contribution in [0.25, 0.3) is 0 Å². The Kier molecular flexibility index (Phi) is 6.86. The van der Waals surface area contributed by atoms with Gasteiger partial charge in [0, 0.05) is 7.11 Å². The first-order valence-corrected chi connectivity index (χ1v) is 6.10. The van der Waals surface area contributed by atoms with Crippen molar-refractivity contribution in [2.75, 3.05) is 13.7 Å². The first kappa shape index (κ1) is 14.2. The summed E-state index contributed by atoms with van der Waals surface area (Å²) in [6.45, 7) is 3.02. The Labute approximate surface area is 103 Å². The highest BCUT2D eigenvalue weighted by atomic mass is 16.5. The minimum Gasteiger partial charge on any atom is -0.390 e. The highest BCUT2D eigenvalue weighted by Crippen LogP contribution is 2.08. The molecule has 0 amide bonds. The molecule has 0 fully saturated rings. The van der Waals surface area contributed by atoms with Gasteiger partial charge in [-0.15, -0.1) is 0 Å². The van der Waals surface area contributed by atoms with E-state index in [1.807, 2.05) is 37.3 Å². The Morgan fingerprint density at radius 1 is 1.24 bits per heavy atom. The third kappa shape index (κ3) is 5.31. The molecule has 2 atom stereocenters. The van der Waals surface area contributed by atoms with Crippen LogP contribution in [0.3, 0.4) is 0 Å². The minimum atomic E-state index is -0.444. The highest BCUT2D eigenvalue weighted by molar-refractivity contribution is 5.13. The summed E-state index contributed by atoms with van der Waals surface area (Å²) in [6, 6.07) is 9.98. The zero-order chi connectivity index (χ0) is 12.5. The molecule has 0 aliphatic heterocycles. The lowest BCUT2D eigenvalue weighted by Crippen LogP contribution is -2.32. The van der Waals surface area contributed by atoms with Crippen LogP contribution in [-0.2, 0) is 16.1 Å². The zero-order valence-corrected chi connectivity index (χ0v) is 10.6. The van der Waals surface area contributed by atoms with Gasteiger partial charge in [0.2, 0.25) is 0 Å². The number of ether oxygens (including phenoxy) is 2. The van der Waals surface area contributed by atoms with Gasteiger partial charge in [0.25, 0.3) is 0 Å². The topological polar surface area (TPSA) is 38.7 Å². The fourth-order valence-corrected chi connectivity index (χ4v) is 1.69. The second-order valence-corrected chi connectivity index (χ2v) is 4.13. The lowest BCUT2D eigenvalue weighted by Gasteiger charge is -2.21. The number of benzene rings is 1. The van der Waals surface area contributed by atoms with Gasteiger partial charge in [-0.2, -0.15) is 0 Å². The normalized spacial score (nSPS) is 14.5. The predicted molar refractivity (Wildman–Crippen MR) is 67.8 cm³/mol.